The largest absolute Gasteiger partial charge is 0.370 e. The van der Waals surface area contributed by atoms with E-state index < -0.39 is 0 Å². The van der Waals surface area contributed by atoms with Gasteiger partial charge in [0.2, 0.25) is 0 Å². The summed E-state index contributed by atoms with van der Waals surface area (Å²) in [4.78, 5) is 25.8. The summed E-state index contributed by atoms with van der Waals surface area (Å²) in [5, 5.41) is 2.87. The van der Waals surface area contributed by atoms with Gasteiger partial charge in [0.05, 0.1) is 6.61 Å². The van der Waals surface area contributed by atoms with Gasteiger partial charge in [-0.05, 0) is 42.8 Å². The highest BCUT2D eigenvalue weighted by molar-refractivity contribution is 6.05. The number of benzene rings is 2. The lowest BCUT2D eigenvalue weighted by Gasteiger charge is -2.26. The Kier molecular flexibility index (Phi) is 4.39. The molecule has 0 unspecified atom stereocenters. The summed E-state index contributed by atoms with van der Waals surface area (Å²) >= 11 is 0. The molecule has 0 atom stereocenters. The molecule has 23 heavy (non-hydrogen) atoms. The highest BCUT2D eigenvalue weighted by atomic mass is 16.5. The zero-order valence-electron chi connectivity index (χ0n) is 12.9. The van der Waals surface area contributed by atoms with Crippen molar-refractivity contribution in [3.63, 3.8) is 0 Å². The van der Waals surface area contributed by atoms with Crippen LogP contribution in [-0.4, -0.2) is 31.6 Å². The summed E-state index contributed by atoms with van der Waals surface area (Å²) in [6.45, 7) is 3.11. The molecule has 0 aliphatic carbocycles. The standard InChI is InChI=1S/C18H18N2O3/c1-13-4-2-3-5-16(13)18(22)19-14-6-8-15(9-7-14)20-10-11-23-12-17(20)21/h2-9H,10-12H2,1H3,(H,19,22). The number of nitrogens with zero attached hydrogens (tertiary/aromatic N) is 1. The van der Waals surface area contributed by atoms with Gasteiger partial charge < -0.3 is 15.0 Å². The van der Waals surface area contributed by atoms with Gasteiger partial charge in [-0.15, -0.1) is 0 Å². The molecule has 1 heterocycles. The van der Waals surface area contributed by atoms with Crippen LogP contribution < -0.4 is 10.2 Å². The molecule has 0 bridgehead atoms. The molecule has 118 valence electrons. The van der Waals surface area contributed by atoms with E-state index in [-0.39, 0.29) is 18.4 Å². The minimum Gasteiger partial charge on any atom is -0.370 e. The fourth-order valence-corrected chi connectivity index (χ4v) is 2.54. The molecular weight excluding hydrogens is 292 g/mol. The average Bonchev–Trinajstić information content (AvgIpc) is 2.56. The Morgan fingerprint density at radius 3 is 2.57 bits per heavy atom. The number of morpholine rings is 1. The Hall–Kier alpha value is -2.66. The van der Waals surface area contributed by atoms with Gasteiger partial charge in [0.1, 0.15) is 6.61 Å². The van der Waals surface area contributed by atoms with E-state index in [9.17, 15) is 9.59 Å². The van der Waals surface area contributed by atoms with Crippen LogP contribution in [0.3, 0.4) is 0 Å². The van der Waals surface area contributed by atoms with Crippen molar-refractivity contribution in [2.45, 2.75) is 6.92 Å². The van der Waals surface area contributed by atoms with Gasteiger partial charge in [0.15, 0.2) is 0 Å². The molecule has 0 radical (unpaired) electrons. The second-order valence-corrected chi connectivity index (χ2v) is 5.41. The van der Waals surface area contributed by atoms with Crippen molar-refractivity contribution in [1.29, 1.82) is 0 Å². The first kappa shape index (κ1) is 15.2. The smallest absolute Gasteiger partial charge is 0.255 e. The first-order chi connectivity index (χ1) is 11.1. The van der Waals surface area contributed by atoms with E-state index in [0.717, 1.165) is 11.3 Å². The molecule has 5 nitrogen and oxygen atoms in total. The average molecular weight is 310 g/mol. The van der Waals surface area contributed by atoms with Crippen LogP contribution in [0.5, 0.6) is 0 Å². The SMILES string of the molecule is Cc1ccccc1C(=O)Nc1ccc(N2CCOCC2=O)cc1. The van der Waals surface area contributed by atoms with Gasteiger partial charge in [-0.3, -0.25) is 9.59 Å². The Balaban J connectivity index is 1.71. The molecule has 0 saturated carbocycles. The Morgan fingerprint density at radius 2 is 1.87 bits per heavy atom. The Bertz CT molecular complexity index is 725. The van der Waals surface area contributed by atoms with Crippen LogP contribution in [0.25, 0.3) is 0 Å². The summed E-state index contributed by atoms with van der Waals surface area (Å²) < 4.78 is 5.12. The summed E-state index contributed by atoms with van der Waals surface area (Å²) in [7, 11) is 0. The Morgan fingerprint density at radius 1 is 1.13 bits per heavy atom. The van der Waals surface area contributed by atoms with E-state index in [1.165, 1.54) is 0 Å². The highest BCUT2D eigenvalue weighted by Crippen LogP contribution is 2.20. The molecule has 0 aromatic heterocycles. The lowest BCUT2D eigenvalue weighted by Crippen LogP contribution is -2.41. The topological polar surface area (TPSA) is 58.6 Å². The van der Waals surface area contributed by atoms with E-state index >= 15 is 0 Å². The van der Waals surface area contributed by atoms with Gasteiger partial charge in [-0.25, -0.2) is 0 Å². The number of hydrogen-bond donors (Lipinski definition) is 1. The van der Waals surface area contributed by atoms with Gasteiger partial charge in [-0.2, -0.15) is 0 Å². The van der Waals surface area contributed by atoms with Crippen LogP contribution in [0.4, 0.5) is 11.4 Å². The van der Waals surface area contributed by atoms with Gasteiger partial charge >= 0.3 is 0 Å². The predicted octanol–water partition coefficient (Wildman–Crippen LogP) is 2.61. The maximum absolute atomic E-state index is 12.3. The van der Waals surface area contributed by atoms with Crippen LogP contribution in [0.2, 0.25) is 0 Å². The zero-order valence-corrected chi connectivity index (χ0v) is 12.9. The van der Waals surface area contributed by atoms with E-state index in [2.05, 4.69) is 5.32 Å². The first-order valence-corrected chi connectivity index (χ1v) is 7.50. The van der Waals surface area contributed by atoms with Gasteiger partial charge in [-0.1, -0.05) is 18.2 Å². The molecular formula is C18H18N2O3. The van der Waals surface area contributed by atoms with Crippen molar-refractivity contribution in [2.75, 3.05) is 30.0 Å². The summed E-state index contributed by atoms with van der Waals surface area (Å²) in [6, 6.07) is 14.7. The third-order valence-corrected chi connectivity index (χ3v) is 3.81. The van der Waals surface area contributed by atoms with Crippen LogP contribution in [-0.2, 0) is 9.53 Å². The maximum atomic E-state index is 12.3. The van der Waals surface area contributed by atoms with Crippen LogP contribution in [0.1, 0.15) is 15.9 Å². The molecule has 1 aliphatic rings. The van der Waals surface area contributed by atoms with Crippen LogP contribution in [0.15, 0.2) is 48.5 Å². The summed E-state index contributed by atoms with van der Waals surface area (Å²) in [5.41, 5.74) is 3.09. The van der Waals surface area contributed by atoms with E-state index in [1.54, 1.807) is 23.1 Å². The zero-order chi connectivity index (χ0) is 16.2. The molecule has 1 saturated heterocycles. The molecule has 2 aromatic carbocycles. The van der Waals surface area contributed by atoms with Gasteiger partial charge in [0, 0.05) is 23.5 Å². The minimum absolute atomic E-state index is 0.0482. The number of hydrogen-bond acceptors (Lipinski definition) is 3. The van der Waals surface area contributed by atoms with Crippen molar-refractivity contribution >= 4 is 23.2 Å². The molecule has 1 fully saturated rings. The second kappa shape index (κ2) is 6.62. The second-order valence-electron chi connectivity index (χ2n) is 5.41. The van der Waals surface area contributed by atoms with Crippen molar-refractivity contribution in [2.24, 2.45) is 0 Å². The van der Waals surface area contributed by atoms with Crippen molar-refractivity contribution < 1.29 is 14.3 Å². The van der Waals surface area contributed by atoms with E-state index in [4.69, 9.17) is 4.74 Å². The van der Waals surface area contributed by atoms with Crippen molar-refractivity contribution in [1.82, 2.24) is 0 Å². The van der Waals surface area contributed by atoms with Crippen molar-refractivity contribution in [3.05, 3.63) is 59.7 Å². The third-order valence-electron chi connectivity index (χ3n) is 3.81. The normalized spacial score (nSPS) is 14.7. The number of anilines is 2. The number of rotatable bonds is 3. The highest BCUT2D eigenvalue weighted by Gasteiger charge is 2.20. The molecule has 2 amide bonds. The first-order valence-electron chi connectivity index (χ1n) is 7.50. The van der Waals surface area contributed by atoms with Crippen LogP contribution >= 0.6 is 0 Å². The number of nitrogens with one attached hydrogen (secondary N) is 1. The molecule has 1 N–H and O–H groups in total. The quantitative estimate of drug-likeness (QED) is 0.948. The summed E-state index contributed by atoms with van der Waals surface area (Å²) in [6.07, 6.45) is 0. The Labute approximate surface area is 134 Å². The molecule has 5 heteroatoms. The van der Waals surface area contributed by atoms with E-state index in [0.29, 0.717) is 24.4 Å². The fraction of sp³-hybridized carbons (Fsp3) is 0.222. The van der Waals surface area contributed by atoms with Crippen LogP contribution in [0, 0.1) is 6.92 Å². The lowest BCUT2D eigenvalue weighted by molar-refractivity contribution is -0.125. The number of aryl methyl sites for hydroxylation is 1. The number of ether oxygens (including phenoxy) is 1. The molecule has 3 rings (SSSR count). The lowest BCUT2D eigenvalue weighted by atomic mass is 10.1. The maximum Gasteiger partial charge on any atom is 0.255 e. The number of carbonyl (C=O) groups is 2. The third kappa shape index (κ3) is 3.40. The molecule has 1 aliphatic heterocycles. The number of amides is 2. The van der Waals surface area contributed by atoms with E-state index in [1.807, 2.05) is 37.3 Å². The monoisotopic (exact) mass is 310 g/mol. The predicted molar refractivity (Wildman–Crippen MR) is 88.7 cm³/mol. The molecule has 0 spiro atoms. The minimum atomic E-state index is -0.140. The fourth-order valence-electron chi connectivity index (χ4n) is 2.54. The van der Waals surface area contributed by atoms with Gasteiger partial charge in [0.25, 0.3) is 11.8 Å². The number of carbonyl (C=O) groups excluding carboxylic acids is 2. The molecule has 2 aromatic rings. The summed E-state index contributed by atoms with van der Waals surface area (Å²) in [5.74, 6) is -0.189. The van der Waals surface area contributed by atoms with Crippen molar-refractivity contribution in [3.8, 4) is 0 Å².